The predicted molar refractivity (Wildman–Crippen MR) is 48.1 cm³/mol. The Morgan fingerprint density at radius 2 is 2.27 bits per heavy atom. The fourth-order valence-electron chi connectivity index (χ4n) is 0.865. The largest absolute Gasteiger partial charge is 0.496 e. The molecule has 0 atom stereocenters. The van der Waals surface area contributed by atoms with Gasteiger partial charge >= 0.3 is 0 Å². The predicted octanol–water partition coefficient (Wildman–Crippen LogP) is 2.99. The first-order chi connectivity index (χ1) is 5.27. The highest BCUT2D eigenvalue weighted by Gasteiger charge is 1.97. The van der Waals surface area contributed by atoms with Crippen LogP contribution in [-0.4, -0.2) is 7.11 Å². The molecule has 1 aromatic rings. The van der Waals surface area contributed by atoms with Crippen LogP contribution in [0.2, 0.25) is 5.02 Å². The maximum atomic E-state index is 5.75. The zero-order chi connectivity index (χ0) is 8.27. The van der Waals surface area contributed by atoms with Gasteiger partial charge in [-0.3, -0.25) is 0 Å². The summed E-state index contributed by atoms with van der Waals surface area (Å²) in [6, 6.07) is 5.42. The molecule has 0 bridgehead atoms. The zero-order valence-electron chi connectivity index (χ0n) is 6.30. The Kier molecular flexibility index (Phi) is 2.55. The maximum absolute atomic E-state index is 5.75. The summed E-state index contributed by atoms with van der Waals surface area (Å²) in [5.74, 6) is 0.796. The normalized spacial score (nSPS) is 9.27. The summed E-state index contributed by atoms with van der Waals surface area (Å²) in [6.45, 7) is 3.64. The number of rotatable bonds is 2. The molecule has 58 valence electrons. The van der Waals surface area contributed by atoms with Crippen molar-refractivity contribution >= 4 is 17.7 Å². The van der Waals surface area contributed by atoms with Crippen LogP contribution in [0.25, 0.3) is 6.08 Å². The van der Waals surface area contributed by atoms with Crippen molar-refractivity contribution in [3.63, 3.8) is 0 Å². The van der Waals surface area contributed by atoms with E-state index in [4.69, 9.17) is 16.3 Å². The summed E-state index contributed by atoms with van der Waals surface area (Å²) in [6.07, 6.45) is 1.71. The third-order valence-corrected chi connectivity index (χ3v) is 1.65. The second kappa shape index (κ2) is 3.44. The SMILES string of the molecule is C=Cc1cc(Cl)ccc1OC. The van der Waals surface area contributed by atoms with Crippen molar-refractivity contribution in [1.29, 1.82) is 0 Å². The van der Waals surface area contributed by atoms with E-state index in [0.717, 1.165) is 11.3 Å². The molecule has 0 amide bonds. The maximum Gasteiger partial charge on any atom is 0.126 e. The summed E-state index contributed by atoms with van der Waals surface area (Å²) in [5.41, 5.74) is 0.917. The zero-order valence-corrected chi connectivity index (χ0v) is 7.06. The molecule has 1 rings (SSSR count). The average molecular weight is 169 g/mol. The molecule has 2 heteroatoms. The quantitative estimate of drug-likeness (QED) is 0.660. The number of halogens is 1. The average Bonchev–Trinajstić information content (AvgIpc) is 2.04. The lowest BCUT2D eigenvalue weighted by atomic mass is 10.2. The standard InChI is InChI=1S/C9H9ClO/c1-3-7-6-8(10)4-5-9(7)11-2/h3-6H,1H2,2H3. The molecule has 1 aromatic carbocycles. The molecule has 0 N–H and O–H groups in total. The fraction of sp³-hybridized carbons (Fsp3) is 0.111. The van der Waals surface area contributed by atoms with Gasteiger partial charge in [0.05, 0.1) is 7.11 Å². The van der Waals surface area contributed by atoms with E-state index < -0.39 is 0 Å². The van der Waals surface area contributed by atoms with Crippen molar-refractivity contribution in [1.82, 2.24) is 0 Å². The first-order valence-corrected chi connectivity index (χ1v) is 3.61. The van der Waals surface area contributed by atoms with Crippen molar-refractivity contribution in [2.45, 2.75) is 0 Å². The third-order valence-electron chi connectivity index (χ3n) is 1.41. The highest BCUT2D eigenvalue weighted by Crippen LogP contribution is 2.22. The minimum absolute atomic E-state index is 0.695. The van der Waals surface area contributed by atoms with E-state index in [9.17, 15) is 0 Å². The van der Waals surface area contributed by atoms with E-state index in [2.05, 4.69) is 6.58 Å². The van der Waals surface area contributed by atoms with Crippen LogP contribution >= 0.6 is 11.6 Å². The summed E-state index contributed by atoms with van der Waals surface area (Å²) >= 11 is 5.75. The van der Waals surface area contributed by atoms with E-state index in [1.165, 1.54) is 0 Å². The number of hydrogen-bond donors (Lipinski definition) is 0. The number of ether oxygens (including phenoxy) is 1. The molecular weight excluding hydrogens is 160 g/mol. The molecule has 0 spiro atoms. The van der Waals surface area contributed by atoms with Crippen LogP contribution in [0.1, 0.15) is 5.56 Å². The van der Waals surface area contributed by atoms with Crippen LogP contribution < -0.4 is 4.74 Å². The van der Waals surface area contributed by atoms with Crippen molar-refractivity contribution in [2.24, 2.45) is 0 Å². The van der Waals surface area contributed by atoms with Gasteiger partial charge < -0.3 is 4.74 Å². The van der Waals surface area contributed by atoms with Gasteiger partial charge in [0.25, 0.3) is 0 Å². The Labute approximate surface area is 71.3 Å². The van der Waals surface area contributed by atoms with Crippen LogP contribution in [0.4, 0.5) is 0 Å². The third kappa shape index (κ3) is 1.75. The molecule has 0 aliphatic heterocycles. The minimum atomic E-state index is 0.695. The molecule has 0 saturated heterocycles. The second-order valence-corrected chi connectivity index (χ2v) is 2.53. The van der Waals surface area contributed by atoms with Gasteiger partial charge in [0.1, 0.15) is 5.75 Å². The van der Waals surface area contributed by atoms with Crippen molar-refractivity contribution in [3.8, 4) is 5.75 Å². The van der Waals surface area contributed by atoms with E-state index in [-0.39, 0.29) is 0 Å². The van der Waals surface area contributed by atoms with Gasteiger partial charge in [-0.05, 0) is 18.2 Å². The Morgan fingerprint density at radius 3 is 2.82 bits per heavy atom. The minimum Gasteiger partial charge on any atom is -0.496 e. The molecule has 0 unspecified atom stereocenters. The van der Waals surface area contributed by atoms with Gasteiger partial charge in [-0.2, -0.15) is 0 Å². The molecular formula is C9H9ClO. The van der Waals surface area contributed by atoms with Gasteiger partial charge in [-0.25, -0.2) is 0 Å². The molecule has 0 saturated carbocycles. The molecule has 0 heterocycles. The summed E-state index contributed by atoms with van der Waals surface area (Å²) < 4.78 is 5.06. The summed E-state index contributed by atoms with van der Waals surface area (Å²) in [5, 5.41) is 0.695. The van der Waals surface area contributed by atoms with Crippen LogP contribution in [0.15, 0.2) is 24.8 Å². The van der Waals surface area contributed by atoms with E-state index in [1.807, 2.05) is 12.1 Å². The van der Waals surface area contributed by atoms with Crippen molar-refractivity contribution in [2.75, 3.05) is 7.11 Å². The van der Waals surface area contributed by atoms with Gasteiger partial charge in [-0.1, -0.05) is 24.3 Å². The Morgan fingerprint density at radius 1 is 1.55 bits per heavy atom. The molecule has 0 aliphatic carbocycles. The van der Waals surface area contributed by atoms with Gasteiger partial charge in [0, 0.05) is 10.6 Å². The van der Waals surface area contributed by atoms with Crippen LogP contribution in [0, 0.1) is 0 Å². The molecule has 0 fully saturated rings. The lowest BCUT2D eigenvalue weighted by molar-refractivity contribution is 0.414. The Hall–Kier alpha value is -0.950. The summed E-state index contributed by atoms with van der Waals surface area (Å²) in [7, 11) is 1.62. The Balaban J connectivity index is 3.16. The van der Waals surface area contributed by atoms with Gasteiger partial charge in [0.2, 0.25) is 0 Å². The van der Waals surface area contributed by atoms with Crippen LogP contribution in [0.3, 0.4) is 0 Å². The van der Waals surface area contributed by atoms with Crippen LogP contribution in [0.5, 0.6) is 5.75 Å². The van der Waals surface area contributed by atoms with Gasteiger partial charge in [-0.15, -0.1) is 0 Å². The molecule has 0 aliphatic rings. The lowest BCUT2D eigenvalue weighted by Crippen LogP contribution is -1.85. The molecule has 11 heavy (non-hydrogen) atoms. The molecule has 0 aromatic heterocycles. The Bertz CT molecular complexity index is 268. The van der Waals surface area contributed by atoms with Crippen molar-refractivity contribution < 1.29 is 4.74 Å². The summed E-state index contributed by atoms with van der Waals surface area (Å²) in [4.78, 5) is 0. The topological polar surface area (TPSA) is 9.23 Å². The monoisotopic (exact) mass is 168 g/mol. The first-order valence-electron chi connectivity index (χ1n) is 3.24. The number of methoxy groups -OCH3 is 1. The van der Waals surface area contributed by atoms with Crippen LogP contribution in [-0.2, 0) is 0 Å². The van der Waals surface area contributed by atoms with E-state index >= 15 is 0 Å². The molecule has 0 radical (unpaired) electrons. The van der Waals surface area contributed by atoms with E-state index in [0.29, 0.717) is 5.02 Å². The second-order valence-electron chi connectivity index (χ2n) is 2.09. The van der Waals surface area contributed by atoms with E-state index in [1.54, 1.807) is 19.3 Å². The van der Waals surface area contributed by atoms with Crippen molar-refractivity contribution in [3.05, 3.63) is 35.4 Å². The number of hydrogen-bond acceptors (Lipinski definition) is 1. The fourth-order valence-corrected chi connectivity index (χ4v) is 1.05. The first kappa shape index (κ1) is 8.15. The number of benzene rings is 1. The highest BCUT2D eigenvalue weighted by molar-refractivity contribution is 6.30. The molecule has 1 nitrogen and oxygen atoms in total. The van der Waals surface area contributed by atoms with Gasteiger partial charge in [0.15, 0.2) is 0 Å². The highest BCUT2D eigenvalue weighted by atomic mass is 35.5. The smallest absolute Gasteiger partial charge is 0.126 e. The lowest BCUT2D eigenvalue weighted by Gasteiger charge is -2.03.